The van der Waals surface area contributed by atoms with E-state index in [1.807, 2.05) is 32.9 Å². The van der Waals surface area contributed by atoms with Crippen LogP contribution in [0.2, 0.25) is 0 Å². The first-order valence-electron chi connectivity index (χ1n) is 7.99. The van der Waals surface area contributed by atoms with Gasteiger partial charge in [0, 0.05) is 36.8 Å². The first kappa shape index (κ1) is 24.1. The molecule has 3 N–H and O–H groups in total. The van der Waals surface area contributed by atoms with Crippen molar-refractivity contribution in [1.29, 1.82) is 0 Å². The van der Waals surface area contributed by atoms with Crippen LogP contribution in [0.5, 0.6) is 0 Å². The molecular weight excluding hydrogens is 499 g/mol. The summed E-state index contributed by atoms with van der Waals surface area (Å²) in [6.07, 6.45) is 0. The molecule has 0 aromatic heterocycles. The van der Waals surface area contributed by atoms with Crippen molar-refractivity contribution in [3.05, 3.63) is 34.3 Å². The maximum absolute atomic E-state index is 12.0. The number of halogens is 2. The van der Waals surface area contributed by atoms with Gasteiger partial charge in [0.25, 0.3) is 5.91 Å². The highest BCUT2D eigenvalue weighted by molar-refractivity contribution is 14.0. The molecule has 0 fully saturated rings. The number of benzene rings is 1. The maximum atomic E-state index is 12.0. The van der Waals surface area contributed by atoms with Gasteiger partial charge in [0.15, 0.2) is 5.96 Å². The minimum Gasteiger partial charge on any atom is -0.377 e. The second-order valence-corrected chi connectivity index (χ2v) is 6.77. The standard InChI is InChI=1S/C17H27BrN4O2.HI/c1-5-19-16(22-12-17(2,3)24-4)21-10-9-20-15(23)13-7-6-8-14(18)11-13;/h6-8,11H,5,9-10,12H2,1-4H3,(H,20,23)(H2,19,21,22);1H. The van der Waals surface area contributed by atoms with E-state index in [0.717, 1.165) is 11.0 Å². The van der Waals surface area contributed by atoms with Crippen LogP contribution in [0.3, 0.4) is 0 Å². The van der Waals surface area contributed by atoms with Gasteiger partial charge in [-0.15, -0.1) is 24.0 Å². The number of hydrogen-bond acceptors (Lipinski definition) is 3. The lowest BCUT2D eigenvalue weighted by atomic mass is 10.1. The summed E-state index contributed by atoms with van der Waals surface area (Å²) in [6.45, 7) is 8.37. The molecule has 25 heavy (non-hydrogen) atoms. The number of hydrogen-bond donors (Lipinski definition) is 3. The summed E-state index contributed by atoms with van der Waals surface area (Å²) in [4.78, 5) is 16.5. The molecular formula is C17H28BrIN4O2. The van der Waals surface area contributed by atoms with Gasteiger partial charge in [0.05, 0.1) is 12.1 Å². The van der Waals surface area contributed by atoms with E-state index in [-0.39, 0.29) is 35.5 Å². The molecule has 0 saturated heterocycles. The first-order chi connectivity index (χ1) is 11.4. The van der Waals surface area contributed by atoms with E-state index >= 15 is 0 Å². The Balaban J connectivity index is 0.00000576. The largest absolute Gasteiger partial charge is 0.377 e. The van der Waals surface area contributed by atoms with Gasteiger partial charge in [-0.3, -0.25) is 9.79 Å². The van der Waals surface area contributed by atoms with Gasteiger partial charge in [-0.2, -0.15) is 0 Å². The fourth-order valence-electron chi connectivity index (χ4n) is 1.76. The minimum absolute atomic E-state index is 0. The highest BCUT2D eigenvalue weighted by atomic mass is 127. The van der Waals surface area contributed by atoms with Crippen molar-refractivity contribution in [2.75, 3.05) is 33.3 Å². The molecule has 0 heterocycles. The molecule has 0 radical (unpaired) electrons. The highest BCUT2D eigenvalue weighted by Gasteiger charge is 2.15. The Labute approximate surface area is 175 Å². The number of amides is 1. The number of rotatable bonds is 8. The van der Waals surface area contributed by atoms with Gasteiger partial charge in [0.1, 0.15) is 0 Å². The van der Waals surface area contributed by atoms with Gasteiger partial charge in [0.2, 0.25) is 0 Å². The molecule has 0 bridgehead atoms. The van der Waals surface area contributed by atoms with Gasteiger partial charge >= 0.3 is 0 Å². The van der Waals surface area contributed by atoms with Crippen LogP contribution in [0.25, 0.3) is 0 Å². The van der Waals surface area contributed by atoms with Gasteiger partial charge < -0.3 is 20.7 Å². The van der Waals surface area contributed by atoms with Crippen LogP contribution in [-0.2, 0) is 4.74 Å². The average Bonchev–Trinajstić information content (AvgIpc) is 2.56. The van der Waals surface area contributed by atoms with E-state index in [9.17, 15) is 4.79 Å². The van der Waals surface area contributed by atoms with Gasteiger partial charge in [-0.25, -0.2) is 0 Å². The molecule has 0 saturated carbocycles. The van der Waals surface area contributed by atoms with E-state index < -0.39 is 0 Å². The zero-order valence-corrected chi connectivity index (χ0v) is 19.1. The Morgan fingerprint density at radius 1 is 1.24 bits per heavy atom. The van der Waals surface area contributed by atoms with Crippen LogP contribution in [0.15, 0.2) is 33.7 Å². The van der Waals surface area contributed by atoms with E-state index in [4.69, 9.17) is 4.74 Å². The number of nitrogens with one attached hydrogen (secondary N) is 3. The van der Waals surface area contributed by atoms with Crippen molar-refractivity contribution in [3.63, 3.8) is 0 Å². The first-order valence-corrected chi connectivity index (χ1v) is 8.78. The molecule has 1 aromatic carbocycles. The van der Waals surface area contributed by atoms with Crippen molar-refractivity contribution in [1.82, 2.24) is 16.0 Å². The molecule has 1 aromatic rings. The van der Waals surface area contributed by atoms with Crippen LogP contribution in [0.1, 0.15) is 31.1 Å². The number of guanidine groups is 1. The number of nitrogens with zero attached hydrogens (tertiary/aromatic N) is 1. The average molecular weight is 527 g/mol. The van der Waals surface area contributed by atoms with Crippen LogP contribution < -0.4 is 16.0 Å². The van der Waals surface area contributed by atoms with E-state index in [1.165, 1.54) is 0 Å². The quantitative estimate of drug-likeness (QED) is 0.211. The zero-order valence-electron chi connectivity index (χ0n) is 15.2. The SMILES string of the molecule is CCNC(=NCC(C)(C)OC)NCCNC(=O)c1cccc(Br)c1.I. The van der Waals surface area contributed by atoms with Crippen molar-refractivity contribution >= 4 is 51.8 Å². The summed E-state index contributed by atoms with van der Waals surface area (Å²) in [5.74, 6) is 0.611. The lowest BCUT2D eigenvalue weighted by molar-refractivity contribution is 0.0310. The van der Waals surface area contributed by atoms with Crippen LogP contribution in [0, 0.1) is 0 Å². The third-order valence-electron chi connectivity index (χ3n) is 3.30. The van der Waals surface area contributed by atoms with E-state index in [2.05, 4.69) is 36.9 Å². The molecule has 0 spiro atoms. The van der Waals surface area contributed by atoms with E-state index in [0.29, 0.717) is 31.2 Å². The number of methoxy groups -OCH3 is 1. The lowest BCUT2D eigenvalue weighted by Gasteiger charge is -2.21. The fraction of sp³-hybridized carbons (Fsp3) is 0.529. The molecule has 142 valence electrons. The Morgan fingerprint density at radius 2 is 1.92 bits per heavy atom. The summed E-state index contributed by atoms with van der Waals surface area (Å²) < 4.78 is 6.24. The number of carbonyl (C=O) groups is 1. The second-order valence-electron chi connectivity index (χ2n) is 5.85. The molecule has 0 aliphatic rings. The molecule has 0 atom stereocenters. The third-order valence-corrected chi connectivity index (χ3v) is 3.80. The minimum atomic E-state index is -0.308. The summed E-state index contributed by atoms with van der Waals surface area (Å²) >= 11 is 3.36. The summed E-state index contributed by atoms with van der Waals surface area (Å²) in [6, 6.07) is 7.30. The number of carbonyl (C=O) groups excluding carboxylic acids is 1. The predicted octanol–water partition coefficient (Wildman–Crippen LogP) is 2.78. The fourth-order valence-corrected chi connectivity index (χ4v) is 2.16. The smallest absolute Gasteiger partial charge is 0.251 e. The molecule has 0 aliphatic carbocycles. The molecule has 1 amide bonds. The normalized spacial score (nSPS) is 11.5. The van der Waals surface area contributed by atoms with Crippen LogP contribution in [-0.4, -0.2) is 50.8 Å². The second kappa shape index (κ2) is 12.5. The van der Waals surface area contributed by atoms with Crippen LogP contribution >= 0.6 is 39.9 Å². The monoisotopic (exact) mass is 526 g/mol. The molecule has 6 nitrogen and oxygen atoms in total. The zero-order chi connectivity index (χ0) is 18.0. The summed E-state index contributed by atoms with van der Waals surface area (Å²) in [7, 11) is 1.67. The van der Waals surface area contributed by atoms with Crippen LogP contribution in [0.4, 0.5) is 0 Å². The number of aliphatic imine (C=N–C) groups is 1. The molecule has 8 heteroatoms. The van der Waals surface area contributed by atoms with Crippen molar-refractivity contribution in [2.45, 2.75) is 26.4 Å². The molecule has 1 rings (SSSR count). The molecule has 0 aliphatic heterocycles. The maximum Gasteiger partial charge on any atom is 0.251 e. The predicted molar refractivity (Wildman–Crippen MR) is 117 cm³/mol. The Kier molecular flexibility index (Phi) is 12.0. The van der Waals surface area contributed by atoms with Crippen molar-refractivity contribution in [2.24, 2.45) is 4.99 Å². The Bertz CT molecular complexity index is 567. The lowest BCUT2D eigenvalue weighted by Crippen LogP contribution is -2.42. The topological polar surface area (TPSA) is 74.8 Å². The number of ether oxygens (including phenoxy) is 1. The van der Waals surface area contributed by atoms with Crippen molar-refractivity contribution in [3.8, 4) is 0 Å². The van der Waals surface area contributed by atoms with Gasteiger partial charge in [-0.1, -0.05) is 22.0 Å². The Morgan fingerprint density at radius 3 is 2.52 bits per heavy atom. The molecule has 0 unspecified atom stereocenters. The summed E-state index contributed by atoms with van der Waals surface area (Å²) in [5, 5.41) is 9.24. The van der Waals surface area contributed by atoms with E-state index in [1.54, 1.807) is 19.2 Å². The summed E-state index contributed by atoms with van der Waals surface area (Å²) in [5.41, 5.74) is 0.323. The van der Waals surface area contributed by atoms with Gasteiger partial charge in [-0.05, 0) is 39.0 Å². The van der Waals surface area contributed by atoms with Crippen molar-refractivity contribution < 1.29 is 9.53 Å². The highest BCUT2D eigenvalue weighted by Crippen LogP contribution is 2.11. The third kappa shape index (κ3) is 10.0. The Hall–Kier alpha value is -0.870.